The molecule has 12 rings (SSSR count). The number of methoxy groups -OCH3 is 1. The maximum atomic E-state index is 14.0. The normalized spacial score (nSPS) is 11.4. The van der Waals surface area contributed by atoms with Crippen LogP contribution in [0.1, 0.15) is 140 Å². The van der Waals surface area contributed by atoms with Crippen molar-refractivity contribution in [2.24, 2.45) is 0 Å². The quantitative estimate of drug-likeness (QED) is 0.0153. The van der Waals surface area contributed by atoms with E-state index in [1.54, 1.807) is 36.4 Å². The number of nitrogens with one attached hydrogen (secondary N) is 3. The number of hydrogen-bond acceptors (Lipinski definition) is 10. The Balaban J connectivity index is 0.000000211. The standard InChI is InChI=1S/C32H33FN2O4.C31H31FN2O4.C29H27FN2O2.Na.H2O/c1-21(2)30-29(32(38)34-25-12-8-5-9-13-25)28(22-10-6-4-7-11-22)31(23-14-16-24(33)17-15-23)35(30)19-18-26(36)20-27(37)39-3;1-20(2)29-28(31(38)33-24-11-7-4-8-12-24)27(21-9-5-3-6-10-21)30(22-13-15-23(32)16-14-22)34(29)18-17-25(35)19-26(36)37;1-20(2)27-26(29(34)31-24-12-7-4-8-13-24)25(21-10-5-3-6-11-21)28(32(27)18-9-19-33)22-14-16-23(30)17-15-22;;/h4-17,21,26,36H,18-20H2,1-3H3,(H,34,38);3-16,20,25,35H,17-19H2,1-2H3,(H,33,38)(H,36,37);3-8,10-17,19-20H,9,18H2,1-2H3,(H,31,34);;1H2/q;;;+1;/p-1. The molecule has 578 valence electrons. The van der Waals surface area contributed by atoms with Crippen molar-refractivity contribution < 1.29 is 97.0 Å². The maximum Gasteiger partial charge on any atom is 1.00 e. The van der Waals surface area contributed by atoms with Crippen molar-refractivity contribution >= 4 is 53.0 Å². The van der Waals surface area contributed by atoms with Gasteiger partial charge in [-0.05, 0) is 173 Å². The Morgan fingerprint density at radius 3 is 0.894 bits per heavy atom. The molecule has 9 aromatic carbocycles. The van der Waals surface area contributed by atoms with E-state index < -0.39 is 24.1 Å². The number of aromatic nitrogens is 3. The van der Waals surface area contributed by atoms with Gasteiger partial charge in [0, 0.05) is 76.9 Å². The molecule has 2 atom stereocenters. The maximum absolute atomic E-state index is 14.0. The first-order valence-corrected chi connectivity index (χ1v) is 37.0. The number of carbonyl (C=O) groups is 6. The molecule has 3 heterocycles. The second-order valence-corrected chi connectivity index (χ2v) is 27.7. The van der Waals surface area contributed by atoms with Crippen LogP contribution in [0.3, 0.4) is 0 Å². The number of hydrogen-bond donors (Lipinski definition) is 6. The van der Waals surface area contributed by atoms with E-state index in [9.17, 15) is 52.2 Å². The number of nitrogens with zero attached hydrogens (tertiary/aromatic N) is 3. The monoisotopic (exact) mass is 1540 g/mol. The van der Waals surface area contributed by atoms with Gasteiger partial charge in [0.2, 0.25) is 0 Å². The zero-order valence-electron chi connectivity index (χ0n) is 64.5. The summed E-state index contributed by atoms with van der Waals surface area (Å²) >= 11 is 0. The van der Waals surface area contributed by atoms with E-state index in [1.165, 1.54) is 43.5 Å². The minimum Gasteiger partial charge on any atom is -0.870 e. The van der Waals surface area contributed by atoms with Crippen LogP contribution in [0.5, 0.6) is 0 Å². The summed E-state index contributed by atoms with van der Waals surface area (Å²) in [5.74, 6) is -3.59. The van der Waals surface area contributed by atoms with Gasteiger partial charge in [0.15, 0.2) is 0 Å². The molecule has 21 heteroatoms. The van der Waals surface area contributed by atoms with Gasteiger partial charge < -0.3 is 60.0 Å². The predicted octanol–water partition coefficient (Wildman–Crippen LogP) is 17.0. The number of amides is 3. The first-order valence-electron chi connectivity index (χ1n) is 37.0. The molecule has 2 unspecified atom stereocenters. The molecule has 0 saturated carbocycles. The van der Waals surface area contributed by atoms with Crippen LogP contribution < -0.4 is 45.5 Å². The fourth-order valence-electron chi connectivity index (χ4n) is 14.0. The van der Waals surface area contributed by atoms with Crippen LogP contribution >= 0.6 is 0 Å². The van der Waals surface area contributed by atoms with E-state index in [1.807, 2.05) is 233 Å². The number of anilines is 3. The largest absolute Gasteiger partial charge is 1.00 e. The summed E-state index contributed by atoms with van der Waals surface area (Å²) in [6.45, 7) is 13.1. The van der Waals surface area contributed by atoms with Gasteiger partial charge in [0.25, 0.3) is 17.7 Å². The summed E-state index contributed by atoms with van der Waals surface area (Å²) in [6, 6.07) is 75.2. The molecule has 3 amide bonds. The van der Waals surface area contributed by atoms with Crippen LogP contribution in [0, 0.1) is 17.5 Å². The number of aliphatic carboxylic acids is 1. The van der Waals surface area contributed by atoms with Gasteiger partial charge in [0.1, 0.15) is 23.7 Å². The minimum absolute atomic E-state index is 0. The average molecular weight is 1540 g/mol. The number of esters is 1. The second kappa shape index (κ2) is 41.7. The fraction of sp³-hybridized carbons (Fsp3) is 0.217. The number of benzene rings is 9. The number of halogens is 3. The SMILES string of the molecule is CC(C)c1c(C(=O)Nc2ccccc2)c(-c2ccccc2)c(-c2ccc(F)cc2)n1CCC(O)CC(=O)O.CC(C)c1c(C(=O)Nc2ccccc2)c(-c2ccccc2)c(-c2ccc(F)cc2)n1CCC=O.COC(=O)CC(O)CCn1c(-c2ccc(F)cc2)c(-c2ccccc2)c(C(=O)Nc2ccccc2)c1C(C)C.[Na+].[OH-]. The van der Waals surface area contributed by atoms with Crippen molar-refractivity contribution in [3.63, 3.8) is 0 Å². The molecule has 17 nitrogen and oxygen atoms in total. The number of para-hydroxylation sites is 3. The topological polar surface area (TPSA) is 253 Å². The van der Waals surface area contributed by atoms with E-state index in [0.717, 1.165) is 73.7 Å². The minimum atomic E-state index is -1.08. The van der Waals surface area contributed by atoms with Crippen molar-refractivity contribution in [1.29, 1.82) is 0 Å². The number of carboxylic acids is 1. The molecule has 12 aromatic rings. The third-order valence-electron chi connectivity index (χ3n) is 18.8. The molecular formula is C92H92F3N6NaO11. The summed E-state index contributed by atoms with van der Waals surface area (Å²) in [5.41, 5.74) is 15.2. The van der Waals surface area contributed by atoms with Gasteiger partial charge in [-0.1, -0.05) is 187 Å². The molecule has 113 heavy (non-hydrogen) atoms. The molecule has 0 fully saturated rings. The number of carbonyl (C=O) groups excluding carboxylic acids is 5. The van der Waals surface area contributed by atoms with Crippen LogP contribution in [0.2, 0.25) is 0 Å². The Hall–Kier alpha value is -11.5. The van der Waals surface area contributed by atoms with Crippen LogP contribution in [-0.4, -0.2) is 89.8 Å². The third-order valence-corrected chi connectivity index (χ3v) is 18.8. The summed E-state index contributed by atoms with van der Waals surface area (Å²) in [4.78, 5) is 76.0. The Labute approximate surface area is 678 Å². The molecule has 0 bridgehead atoms. The van der Waals surface area contributed by atoms with E-state index >= 15 is 0 Å². The smallest absolute Gasteiger partial charge is 0.870 e. The van der Waals surface area contributed by atoms with E-state index in [2.05, 4.69) is 20.5 Å². The molecule has 0 saturated heterocycles. The Morgan fingerprint density at radius 2 is 0.646 bits per heavy atom. The first-order chi connectivity index (χ1) is 53.6. The van der Waals surface area contributed by atoms with Gasteiger partial charge in [-0.15, -0.1) is 0 Å². The predicted molar refractivity (Wildman–Crippen MR) is 434 cm³/mol. The van der Waals surface area contributed by atoms with Crippen molar-refractivity contribution in [2.45, 2.75) is 123 Å². The summed E-state index contributed by atoms with van der Waals surface area (Å²) < 4.78 is 52.5. The van der Waals surface area contributed by atoms with E-state index in [0.29, 0.717) is 70.1 Å². The Kier molecular flexibility index (Phi) is 32.1. The molecule has 0 aliphatic rings. The van der Waals surface area contributed by atoms with Gasteiger partial charge in [0.05, 0.1) is 65.9 Å². The molecule has 0 spiro atoms. The van der Waals surface area contributed by atoms with Crippen LogP contribution in [-0.2, 0) is 38.8 Å². The number of ether oxygens (including phenoxy) is 1. The van der Waals surface area contributed by atoms with Crippen molar-refractivity contribution in [3.05, 3.63) is 306 Å². The summed E-state index contributed by atoms with van der Waals surface area (Å²) in [6.07, 6.45) is -0.888. The fourth-order valence-corrected chi connectivity index (χ4v) is 14.0. The molecule has 0 radical (unpaired) electrons. The third kappa shape index (κ3) is 22.0. The summed E-state index contributed by atoms with van der Waals surface area (Å²) in [5, 5.41) is 39.2. The molecule has 0 aliphatic heterocycles. The molecule has 3 aromatic heterocycles. The number of aldehydes is 1. The Morgan fingerprint density at radius 1 is 0.389 bits per heavy atom. The second-order valence-electron chi connectivity index (χ2n) is 27.7. The number of aliphatic hydroxyl groups excluding tert-OH is 2. The van der Waals surface area contributed by atoms with Gasteiger partial charge >= 0.3 is 41.5 Å². The molecule has 7 N–H and O–H groups in total. The number of carboxylic acid groups (broad SMARTS) is 1. The van der Waals surface area contributed by atoms with Gasteiger partial charge in [-0.25, -0.2) is 13.2 Å². The number of aliphatic hydroxyl groups is 2. The van der Waals surface area contributed by atoms with Crippen molar-refractivity contribution in [3.8, 4) is 67.2 Å². The van der Waals surface area contributed by atoms with Crippen LogP contribution in [0.4, 0.5) is 30.2 Å². The van der Waals surface area contributed by atoms with Gasteiger partial charge in [-0.2, -0.15) is 0 Å². The molecule has 0 aliphatic carbocycles. The zero-order chi connectivity index (χ0) is 79.3. The van der Waals surface area contributed by atoms with E-state index in [4.69, 9.17) is 9.84 Å². The van der Waals surface area contributed by atoms with Crippen molar-refractivity contribution in [1.82, 2.24) is 13.7 Å². The molecular weight excluding hydrogens is 1450 g/mol. The van der Waals surface area contributed by atoms with Crippen molar-refractivity contribution in [2.75, 3.05) is 23.1 Å². The van der Waals surface area contributed by atoms with Crippen LogP contribution in [0.15, 0.2) is 255 Å². The van der Waals surface area contributed by atoms with E-state index in [-0.39, 0.29) is 120 Å². The van der Waals surface area contributed by atoms with Crippen LogP contribution in [0.25, 0.3) is 67.2 Å². The van der Waals surface area contributed by atoms with Gasteiger partial charge in [-0.3, -0.25) is 24.0 Å². The summed E-state index contributed by atoms with van der Waals surface area (Å²) in [7, 11) is 1.29. The average Bonchev–Trinajstić information content (AvgIpc) is 1.60. The Bertz CT molecular complexity index is 5120. The zero-order valence-corrected chi connectivity index (χ0v) is 66.5. The number of rotatable bonds is 28. The first kappa shape index (κ1) is 87.1.